The highest BCUT2D eigenvalue weighted by atomic mass is 16.4. The van der Waals surface area contributed by atoms with E-state index in [-0.39, 0.29) is 0 Å². The maximum absolute atomic E-state index is 11.0. The van der Waals surface area contributed by atoms with E-state index in [4.69, 9.17) is 0 Å². The normalized spacial score (nSPS) is 10.0. The molecule has 2 rings (SSSR count). The average Bonchev–Trinajstić information content (AvgIpc) is 2.53. The molecule has 4 heteroatoms. The third-order valence-corrected chi connectivity index (χ3v) is 1.49. The van der Waals surface area contributed by atoms with Crippen molar-refractivity contribution in [1.29, 1.82) is 0 Å². The Morgan fingerprint density at radius 2 is 2.00 bits per heavy atom. The Morgan fingerprint density at radius 1 is 1.25 bits per heavy atom. The first-order chi connectivity index (χ1) is 5.88. The maximum atomic E-state index is 11.0. The zero-order chi connectivity index (χ0) is 8.39. The predicted octanol–water partition coefficient (Wildman–Crippen LogP) is 0.825. The molecule has 2 aromatic rings. The second-order valence-electron chi connectivity index (χ2n) is 2.25. The van der Waals surface area contributed by atoms with E-state index in [1.54, 1.807) is 12.1 Å². The summed E-state index contributed by atoms with van der Waals surface area (Å²) in [6.07, 6.45) is 1.12. The van der Waals surface area contributed by atoms with E-state index in [9.17, 15) is 4.79 Å². The molecule has 0 saturated heterocycles. The Hall–Kier alpha value is -1.84. The van der Waals surface area contributed by atoms with E-state index >= 15 is 0 Å². The smallest absolute Gasteiger partial charge is 0.395 e. The Kier molecular flexibility index (Phi) is 1.51. The zero-order valence-electron chi connectivity index (χ0n) is 6.18. The second kappa shape index (κ2) is 2.65. The summed E-state index contributed by atoms with van der Waals surface area (Å²) in [6.45, 7) is 0. The highest BCUT2D eigenvalue weighted by molar-refractivity contribution is 5.28. The molecule has 1 heterocycles. The van der Waals surface area contributed by atoms with Gasteiger partial charge in [-0.1, -0.05) is 18.2 Å². The van der Waals surface area contributed by atoms with Crippen molar-refractivity contribution < 1.29 is 4.42 Å². The number of hydrogen-bond acceptors (Lipinski definition) is 3. The number of rotatable bonds is 1. The minimum Gasteiger partial charge on any atom is -0.395 e. The van der Waals surface area contributed by atoms with E-state index in [2.05, 4.69) is 9.52 Å². The summed E-state index contributed by atoms with van der Waals surface area (Å²) in [5.74, 6) is -0.471. The molecular formula is C8H6N2O2. The molecule has 0 bridgehead atoms. The first kappa shape index (κ1) is 6.84. The third-order valence-electron chi connectivity index (χ3n) is 1.49. The van der Waals surface area contributed by atoms with Crippen molar-refractivity contribution in [1.82, 2.24) is 9.78 Å². The van der Waals surface area contributed by atoms with Crippen LogP contribution in [0.4, 0.5) is 0 Å². The molecule has 12 heavy (non-hydrogen) atoms. The Labute approximate surface area is 68.1 Å². The van der Waals surface area contributed by atoms with Crippen LogP contribution in [0.3, 0.4) is 0 Å². The van der Waals surface area contributed by atoms with Gasteiger partial charge in [-0.05, 0) is 12.1 Å². The van der Waals surface area contributed by atoms with Crippen LogP contribution in [0.15, 0.2) is 45.9 Å². The summed E-state index contributed by atoms with van der Waals surface area (Å²) in [7, 11) is 0. The van der Waals surface area contributed by atoms with Gasteiger partial charge < -0.3 is 4.42 Å². The second-order valence-corrected chi connectivity index (χ2v) is 2.25. The van der Waals surface area contributed by atoms with Crippen molar-refractivity contribution in [2.24, 2.45) is 0 Å². The predicted molar refractivity (Wildman–Crippen MR) is 42.1 cm³/mol. The lowest BCUT2D eigenvalue weighted by molar-refractivity contribution is 0.504. The van der Waals surface area contributed by atoms with Crippen LogP contribution >= 0.6 is 0 Å². The third kappa shape index (κ3) is 1.03. The summed E-state index contributed by atoms with van der Waals surface area (Å²) in [5.41, 5.74) is 0.705. The molecule has 0 aliphatic carbocycles. The van der Waals surface area contributed by atoms with Crippen LogP contribution in [0, 0.1) is 0 Å². The average molecular weight is 162 g/mol. The number of nitrogens with zero attached hydrogens (tertiary/aromatic N) is 2. The highest BCUT2D eigenvalue weighted by Gasteiger charge is 2.00. The minimum atomic E-state index is -0.471. The molecule has 0 N–H and O–H groups in total. The van der Waals surface area contributed by atoms with E-state index in [0.29, 0.717) is 5.69 Å². The van der Waals surface area contributed by atoms with Gasteiger partial charge in [0.25, 0.3) is 0 Å². The van der Waals surface area contributed by atoms with Crippen molar-refractivity contribution >= 4 is 0 Å². The van der Waals surface area contributed by atoms with Crippen molar-refractivity contribution in [2.75, 3.05) is 0 Å². The van der Waals surface area contributed by atoms with Crippen molar-refractivity contribution in [3.63, 3.8) is 0 Å². The van der Waals surface area contributed by atoms with Crippen LogP contribution in [0.25, 0.3) is 5.69 Å². The minimum absolute atomic E-state index is 0.471. The highest BCUT2D eigenvalue weighted by Crippen LogP contribution is 2.00. The van der Waals surface area contributed by atoms with Crippen molar-refractivity contribution in [3.8, 4) is 5.69 Å². The molecule has 0 aliphatic heterocycles. The zero-order valence-corrected chi connectivity index (χ0v) is 6.18. The summed E-state index contributed by atoms with van der Waals surface area (Å²) in [5, 5.41) is 3.72. The van der Waals surface area contributed by atoms with E-state index in [1.165, 1.54) is 4.68 Å². The number of hydrogen-bond donors (Lipinski definition) is 0. The Balaban J connectivity index is 2.59. The van der Waals surface area contributed by atoms with Gasteiger partial charge in [0, 0.05) is 0 Å². The molecule has 1 aromatic heterocycles. The first-order valence-corrected chi connectivity index (χ1v) is 3.46. The fraction of sp³-hybridized carbons (Fsp3) is 0. The van der Waals surface area contributed by atoms with Gasteiger partial charge in [-0.25, -0.2) is 4.79 Å². The van der Waals surface area contributed by atoms with Crippen molar-refractivity contribution in [3.05, 3.63) is 47.3 Å². The molecule has 0 amide bonds. The molecule has 0 atom stereocenters. The number of benzene rings is 1. The van der Waals surface area contributed by atoms with Gasteiger partial charge in [-0.15, -0.1) is 5.10 Å². The molecule has 60 valence electrons. The summed E-state index contributed by atoms with van der Waals surface area (Å²) in [4.78, 5) is 11.0. The molecular weight excluding hydrogens is 156 g/mol. The van der Waals surface area contributed by atoms with Gasteiger partial charge in [0.1, 0.15) is 0 Å². The van der Waals surface area contributed by atoms with Gasteiger partial charge in [-0.2, -0.15) is 4.68 Å². The lowest BCUT2D eigenvalue weighted by Gasteiger charge is -1.94. The van der Waals surface area contributed by atoms with Gasteiger partial charge >= 0.3 is 5.76 Å². The van der Waals surface area contributed by atoms with Gasteiger partial charge in [-0.3, -0.25) is 0 Å². The molecule has 0 radical (unpaired) electrons. The molecule has 1 aromatic carbocycles. The fourth-order valence-electron chi connectivity index (χ4n) is 0.954. The fourth-order valence-corrected chi connectivity index (χ4v) is 0.954. The largest absolute Gasteiger partial charge is 0.441 e. The summed E-state index contributed by atoms with van der Waals surface area (Å²) in [6, 6.07) is 9.09. The molecule has 0 aliphatic rings. The summed E-state index contributed by atoms with van der Waals surface area (Å²) < 4.78 is 5.71. The Morgan fingerprint density at radius 3 is 2.58 bits per heavy atom. The van der Waals surface area contributed by atoms with Crippen LogP contribution in [-0.4, -0.2) is 9.78 Å². The van der Waals surface area contributed by atoms with Crippen molar-refractivity contribution in [2.45, 2.75) is 0 Å². The van der Waals surface area contributed by atoms with Crippen LogP contribution in [0.1, 0.15) is 0 Å². The van der Waals surface area contributed by atoms with E-state index in [1.807, 2.05) is 18.2 Å². The Bertz CT molecular complexity index is 416. The standard InChI is InChI=1S/C8H6N2O2/c11-8-10(9-6-12-8)7-4-2-1-3-5-7/h1-6H. The maximum Gasteiger partial charge on any atom is 0.441 e. The van der Waals surface area contributed by atoms with E-state index < -0.39 is 5.76 Å². The number of para-hydroxylation sites is 1. The lowest BCUT2D eigenvalue weighted by Crippen LogP contribution is -2.12. The van der Waals surface area contributed by atoms with E-state index in [0.717, 1.165) is 6.39 Å². The first-order valence-electron chi connectivity index (χ1n) is 3.46. The monoisotopic (exact) mass is 162 g/mol. The lowest BCUT2D eigenvalue weighted by atomic mass is 10.3. The summed E-state index contributed by atoms with van der Waals surface area (Å²) >= 11 is 0. The SMILES string of the molecule is O=c1ocnn1-c1ccccc1. The molecule has 0 fully saturated rings. The van der Waals surface area contributed by atoms with Crippen LogP contribution in [0.5, 0.6) is 0 Å². The van der Waals surface area contributed by atoms with Gasteiger partial charge in [0.05, 0.1) is 5.69 Å². The van der Waals surface area contributed by atoms with Crippen LogP contribution in [-0.2, 0) is 0 Å². The molecule has 0 saturated carbocycles. The molecule has 4 nitrogen and oxygen atoms in total. The van der Waals surface area contributed by atoms with Crippen LogP contribution < -0.4 is 5.76 Å². The molecule has 0 unspecified atom stereocenters. The van der Waals surface area contributed by atoms with Crippen LogP contribution in [0.2, 0.25) is 0 Å². The van der Waals surface area contributed by atoms with Gasteiger partial charge in [0.2, 0.25) is 6.39 Å². The topological polar surface area (TPSA) is 48.0 Å². The molecule has 0 spiro atoms. The quantitative estimate of drug-likeness (QED) is 0.623. The number of aromatic nitrogens is 2. The van der Waals surface area contributed by atoms with Gasteiger partial charge in [0.15, 0.2) is 0 Å².